The Balaban J connectivity index is 1.70. The molecule has 0 fully saturated rings. The van der Waals surface area contributed by atoms with Gasteiger partial charge in [0.15, 0.2) is 0 Å². The number of nitrogens with zero attached hydrogens (tertiary/aromatic N) is 1. The molecule has 0 saturated carbocycles. The molecule has 3 aromatic rings. The van der Waals surface area contributed by atoms with E-state index in [4.69, 9.17) is 4.74 Å². The van der Waals surface area contributed by atoms with Crippen molar-refractivity contribution in [1.82, 2.24) is 5.32 Å². The summed E-state index contributed by atoms with van der Waals surface area (Å²) in [6.45, 7) is 2.49. The maximum absolute atomic E-state index is 12.9. The molecule has 2 aromatic carbocycles. The first kappa shape index (κ1) is 22.4. The molecule has 0 saturated heterocycles. The first-order valence-corrected chi connectivity index (χ1v) is 12.4. The number of methoxy groups -OCH3 is 1. The molecule has 5 nitrogen and oxygen atoms in total. The standard InChI is InChI=1S/C25H26N2O3S2/c1-3-26-24(28)23-20-13-18(17-9-11-19(30-2)12-10-17)14-21(27-29)22(20)25(32-23)31-15-16-7-5-4-6-8-16/h4-12,18,29H,3,13-15H2,1-2H3,(H,26,28). The van der Waals surface area contributed by atoms with Crippen LogP contribution in [0.5, 0.6) is 5.75 Å². The lowest BCUT2D eigenvalue weighted by Crippen LogP contribution is -2.25. The van der Waals surface area contributed by atoms with Gasteiger partial charge in [-0.3, -0.25) is 4.79 Å². The second-order valence-electron chi connectivity index (χ2n) is 7.63. The molecule has 1 heterocycles. The van der Waals surface area contributed by atoms with Gasteiger partial charge >= 0.3 is 0 Å². The number of carbonyl (C=O) groups excluding carboxylic acids is 1. The fourth-order valence-corrected chi connectivity index (χ4v) is 6.57. The fraction of sp³-hybridized carbons (Fsp3) is 0.280. The summed E-state index contributed by atoms with van der Waals surface area (Å²) in [5.41, 5.74) is 4.92. The van der Waals surface area contributed by atoms with Crippen molar-refractivity contribution in [3.8, 4) is 5.75 Å². The molecule has 1 aromatic heterocycles. The Hall–Kier alpha value is -2.77. The SMILES string of the molecule is CCNC(=O)c1sc(SCc2ccccc2)c2c1CC(c1ccc(OC)cc1)CC2=NO. The molecule has 4 rings (SSSR count). The van der Waals surface area contributed by atoms with E-state index in [1.54, 1.807) is 18.9 Å². The molecule has 7 heteroatoms. The average molecular weight is 467 g/mol. The van der Waals surface area contributed by atoms with Crippen molar-refractivity contribution < 1.29 is 14.7 Å². The average Bonchev–Trinajstić information content (AvgIpc) is 3.22. The zero-order valence-corrected chi connectivity index (χ0v) is 19.8. The molecule has 0 aliphatic heterocycles. The number of nitrogens with one attached hydrogen (secondary N) is 1. The van der Waals surface area contributed by atoms with Crippen molar-refractivity contribution in [2.75, 3.05) is 13.7 Å². The smallest absolute Gasteiger partial charge is 0.261 e. The molecular weight excluding hydrogens is 440 g/mol. The van der Waals surface area contributed by atoms with Crippen molar-refractivity contribution in [3.05, 3.63) is 81.7 Å². The predicted molar refractivity (Wildman–Crippen MR) is 131 cm³/mol. The highest BCUT2D eigenvalue weighted by Crippen LogP contribution is 2.45. The number of rotatable bonds is 7. The summed E-state index contributed by atoms with van der Waals surface area (Å²) in [6.07, 6.45) is 1.36. The minimum Gasteiger partial charge on any atom is -0.497 e. The topological polar surface area (TPSA) is 70.9 Å². The second kappa shape index (κ2) is 10.2. The third kappa shape index (κ3) is 4.69. The van der Waals surface area contributed by atoms with Crippen LogP contribution in [0.2, 0.25) is 0 Å². The summed E-state index contributed by atoms with van der Waals surface area (Å²) < 4.78 is 6.31. The van der Waals surface area contributed by atoms with Crippen LogP contribution in [0.1, 0.15) is 51.2 Å². The molecule has 1 unspecified atom stereocenters. The van der Waals surface area contributed by atoms with E-state index in [1.165, 1.54) is 16.9 Å². The number of hydrogen-bond donors (Lipinski definition) is 2. The quantitative estimate of drug-likeness (QED) is 0.266. The summed E-state index contributed by atoms with van der Waals surface area (Å²) in [5.74, 6) is 1.67. The van der Waals surface area contributed by atoms with Gasteiger partial charge in [-0.25, -0.2) is 0 Å². The van der Waals surface area contributed by atoms with Gasteiger partial charge in [-0.15, -0.1) is 23.1 Å². The minimum absolute atomic E-state index is 0.0621. The van der Waals surface area contributed by atoms with Crippen LogP contribution in [0.3, 0.4) is 0 Å². The molecule has 1 aliphatic rings. The lowest BCUT2D eigenvalue weighted by Gasteiger charge is -2.25. The number of carbonyl (C=O) groups is 1. The molecule has 2 N–H and O–H groups in total. The third-order valence-corrected chi connectivity index (χ3v) is 8.19. The van der Waals surface area contributed by atoms with Crippen molar-refractivity contribution in [2.45, 2.75) is 35.6 Å². The molecule has 1 amide bonds. The van der Waals surface area contributed by atoms with Gasteiger partial charge in [0.05, 0.1) is 21.9 Å². The maximum Gasteiger partial charge on any atom is 0.261 e. The van der Waals surface area contributed by atoms with E-state index in [0.29, 0.717) is 18.7 Å². The minimum atomic E-state index is -0.0621. The Labute approximate surface area is 196 Å². The molecular formula is C25H26N2O3S2. The first-order chi connectivity index (χ1) is 15.6. The molecule has 32 heavy (non-hydrogen) atoms. The molecule has 0 spiro atoms. The van der Waals surface area contributed by atoms with E-state index in [9.17, 15) is 10.0 Å². The number of thioether (sulfide) groups is 1. The second-order valence-corrected chi connectivity index (χ2v) is 9.90. The highest BCUT2D eigenvalue weighted by Gasteiger charge is 2.33. The molecule has 1 aliphatic carbocycles. The molecule has 1 atom stereocenters. The number of hydrogen-bond acceptors (Lipinski definition) is 6. The Kier molecular flexibility index (Phi) is 7.17. The van der Waals surface area contributed by atoms with E-state index >= 15 is 0 Å². The Morgan fingerprint density at radius 3 is 2.59 bits per heavy atom. The summed E-state index contributed by atoms with van der Waals surface area (Å²) in [4.78, 5) is 13.6. The van der Waals surface area contributed by atoms with Crippen LogP contribution in [-0.2, 0) is 12.2 Å². The third-order valence-electron chi connectivity index (χ3n) is 5.62. The van der Waals surface area contributed by atoms with Crippen LogP contribution in [0.4, 0.5) is 0 Å². The largest absolute Gasteiger partial charge is 0.497 e. The van der Waals surface area contributed by atoms with Gasteiger partial charge in [-0.2, -0.15) is 0 Å². The zero-order chi connectivity index (χ0) is 22.5. The van der Waals surface area contributed by atoms with Gasteiger partial charge in [0.25, 0.3) is 5.91 Å². The monoisotopic (exact) mass is 466 g/mol. The van der Waals surface area contributed by atoms with Crippen LogP contribution in [-0.4, -0.2) is 30.5 Å². The summed E-state index contributed by atoms with van der Waals surface area (Å²) in [6, 6.07) is 18.2. The maximum atomic E-state index is 12.9. The van der Waals surface area contributed by atoms with Gasteiger partial charge in [-0.1, -0.05) is 47.6 Å². The van der Waals surface area contributed by atoms with Crippen molar-refractivity contribution in [1.29, 1.82) is 0 Å². The summed E-state index contributed by atoms with van der Waals surface area (Å²) in [7, 11) is 1.65. The Morgan fingerprint density at radius 1 is 1.19 bits per heavy atom. The highest BCUT2D eigenvalue weighted by atomic mass is 32.2. The van der Waals surface area contributed by atoms with Crippen molar-refractivity contribution >= 4 is 34.7 Å². The summed E-state index contributed by atoms with van der Waals surface area (Å²) >= 11 is 3.20. The van der Waals surface area contributed by atoms with Crippen molar-refractivity contribution in [2.24, 2.45) is 5.16 Å². The number of thiophene rings is 1. The number of amides is 1. The lowest BCUT2D eigenvalue weighted by atomic mass is 9.80. The Morgan fingerprint density at radius 2 is 1.94 bits per heavy atom. The van der Waals surface area contributed by atoms with E-state index in [1.807, 2.05) is 49.4 Å². The molecule has 0 radical (unpaired) electrons. The highest BCUT2D eigenvalue weighted by molar-refractivity contribution is 8.00. The van der Waals surface area contributed by atoms with Crippen LogP contribution in [0.15, 0.2) is 64.0 Å². The zero-order valence-electron chi connectivity index (χ0n) is 18.1. The molecule has 0 bridgehead atoms. The van der Waals surface area contributed by atoms with Crippen LogP contribution < -0.4 is 10.1 Å². The van der Waals surface area contributed by atoms with Gasteiger partial charge < -0.3 is 15.3 Å². The normalized spacial score (nSPS) is 16.6. The Bertz CT molecular complexity index is 1110. The van der Waals surface area contributed by atoms with Gasteiger partial charge in [0.2, 0.25) is 0 Å². The molecule has 166 valence electrons. The fourth-order valence-electron chi connectivity index (χ4n) is 4.03. The summed E-state index contributed by atoms with van der Waals surface area (Å²) in [5, 5.41) is 16.5. The number of ether oxygens (including phenoxy) is 1. The van der Waals surface area contributed by atoms with Gasteiger partial charge in [0, 0.05) is 24.3 Å². The van der Waals surface area contributed by atoms with Crippen LogP contribution in [0.25, 0.3) is 0 Å². The van der Waals surface area contributed by atoms with E-state index < -0.39 is 0 Å². The number of fused-ring (bicyclic) bond motifs is 1. The van der Waals surface area contributed by atoms with Gasteiger partial charge in [0.1, 0.15) is 5.75 Å². The lowest BCUT2D eigenvalue weighted by molar-refractivity contribution is 0.0959. The number of benzene rings is 2. The van der Waals surface area contributed by atoms with E-state index in [-0.39, 0.29) is 11.8 Å². The van der Waals surface area contributed by atoms with Crippen molar-refractivity contribution in [3.63, 3.8) is 0 Å². The van der Waals surface area contributed by atoms with E-state index in [0.717, 1.165) is 43.7 Å². The van der Waals surface area contributed by atoms with E-state index in [2.05, 4.69) is 22.6 Å². The van der Waals surface area contributed by atoms with Gasteiger partial charge in [-0.05, 0) is 48.1 Å². The number of oxime groups is 1. The first-order valence-electron chi connectivity index (χ1n) is 10.6. The van der Waals surface area contributed by atoms with Crippen LogP contribution in [0, 0.1) is 0 Å². The predicted octanol–water partition coefficient (Wildman–Crippen LogP) is 5.71. The van der Waals surface area contributed by atoms with Crippen LogP contribution >= 0.6 is 23.1 Å².